The second kappa shape index (κ2) is 2.83. The molecular weight excluding hydrogens is 156 g/mol. The van der Waals surface area contributed by atoms with E-state index in [1.54, 1.807) is 0 Å². The van der Waals surface area contributed by atoms with Crippen LogP contribution in [0.4, 0.5) is 0 Å². The van der Waals surface area contributed by atoms with Gasteiger partial charge in [-0.15, -0.1) is 11.8 Å². The van der Waals surface area contributed by atoms with E-state index in [-0.39, 0.29) is 0 Å². The quantitative estimate of drug-likeness (QED) is 0.634. The maximum Gasteiger partial charge on any atom is 0.0553 e. The van der Waals surface area contributed by atoms with Crippen molar-refractivity contribution in [1.29, 1.82) is 0 Å². The Morgan fingerprint density at radius 3 is 3.55 bits per heavy atom. The smallest absolute Gasteiger partial charge is 0.0553 e. The Bertz CT molecular complexity index is 262. The van der Waals surface area contributed by atoms with E-state index in [1.165, 1.54) is 10.5 Å². The number of thioether (sulfide) groups is 1. The normalized spacial score (nSPS) is 22.8. The van der Waals surface area contributed by atoms with Crippen LogP contribution in [0.25, 0.3) is 0 Å². The number of fused-ring (bicyclic) bond motifs is 1. The number of hydrogen-bond donors (Lipinski definition) is 1. The summed E-state index contributed by atoms with van der Waals surface area (Å²) in [5.41, 5.74) is 1.32. The van der Waals surface area contributed by atoms with Crippen LogP contribution in [0.2, 0.25) is 0 Å². The van der Waals surface area contributed by atoms with Crippen LogP contribution < -0.4 is 5.32 Å². The first-order valence-electron chi connectivity index (χ1n) is 3.69. The van der Waals surface area contributed by atoms with Crippen molar-refractivity contribution < 1.29 is 0 Å². The van der Waals surface area contributed by atoms with Crippen molar-refractivity contribution in [3.63, 3.8) is 0 Å². The Hall–Kier alpha value is -0.540. The third kappa shape index (κ3) is 1.39. The van der Waals surface area contributed by atoms with Gasteiger partial charge in [-0.25, -0.2) is 0 Å². The number of hydrogen-bond acceptors (Lipinski definition) is 3. The highest BCUT2D eigenvalue weighted by Crippen LogP contribution is 2.28. The van der Waals surface area contributed by atoms with Crippen LogP contribution in [0.15, 0.2) is 23.4 Å². The van der Waals surface area contributed by atoms with Gasteiger partial charge >= 0.3 is 0 Å². The highest BCUT2D eigenvalue weighted by atomic mass is 32.2. The lowest BCUT2D eigenvalue weighted by atomic mass is 10.3. The van der Waals surface area contributed by atoms with E-state index in [0.29, 0.717) is 5.37 Å². The van der Waals surface area contributed by atoms with Crippen LogP contribution in [-0.4, -0.2) is 10.4 Å². The van der Waals surface area contributed by atoms with E-state index in [9.17, 15) is 0 Å². The molecule has 0 amide bonds. The molecule has 11 heavy (non-hydrogen) atoms. The van der Waals surface area contributed by atoms with E-state index in [1.807, 2.05) is 24.2 Å². The fraction of sp³-hybridized carbons (Fsp3) is 0.375. The fourth-order valence-electron chi connectivity index (χ4n) is 1.15. The lowest BCUT2D eigenvalue weighted by molar-refractivity contribution is 0.662. The second-order valence-corrected chi connectivity index (χ2v) is 4.01. The molecule has 0 aliphatic carbocycles. The first-order chi connectivity index (χ1) is 5.36. The van der Waals surface area contributed by atoms with Crippen molar-refractivity contribution >= 4 is 11.8 Å². The maximum atomic E-state index is 4.07. The number of nitrogens with one attached hydrogen (secondary N) is 1. The van der Waals surface area contributed by atoms with Gasteiger partial charge in [0.15, 0.2) is 0 Å². The molecule has 0 aromatic carbocycles. The van der Waals surface area contributed by atoms with Gasteiger partial charge in [-0.2, -0.15) is 0 Å². The summed E-state index contributed by atoms with van der Waals surface area (Å²) in [4.78, 5) is 5.44. The van der Waals surface area contributed by atoms with E-state index in [4.69, 9.17) is 0 Å². The van der Waals surface area contributed by atoms with Crippen molar-refractivity contribution in [2.24, 2.45) is 0 Å². The number of aromatic nitrogens is 1. The molecule has 0 saturated carbocycles. The van der Waals surface area contributed by atoms with Crippen LogP contribution in [0, 0.1) is 0 Å². The molecule has 1 N–H and O–H groups in total. The SMILES string of the molecule is CC1NCc2cnccc2S1. The minimum absolute atomic E-state index is 0.532. The Kier molecular flexibility index (Phi) is 1.84. The van der Waals surface area contributed by atoms with E-state index in [0.717, 1.165) is 6.54 Å². The van der Waals surface area contributed by atoms with Gasteiger partial charge in [0.05, 0.1) is 5.37 Å². The zero-order chi connectivity index (χ0) is 7.68. The highest BCUT2D eigenvalue weighted by Gasteiger charge is 2.13. The monoisotopic (exact) mass is 166 g/mol. The van der Waals surface area contributed by atoms with Gasteiger partial charge < -0.3 is 5.32 Å². The molecule has 0 spiro atoms. The molecule has 1 aromatic rings. The van der Waals surface area contributed by atoms with E-state index < -0.39 is 0 Å². The summed E-state index contributed by atoms with van der Waals surface area (Å²) in [6.07, 6.45) is 3.78. The van der Waals surface area contributed by atoms with Crippen molar-refractivity contribution in [1.82, 2.24) is 10.3 Å². The van der Waals surface area contributed by atoms with E-state index in [2.05, 4.69) is 23.3 Å². The molecule has 2 rings (SSSR count). The average molecular weight is 166 g/mol. The summed E-state index contributed by atoms with van der Waals surface area (Å²) in [5.74, 6) is 0. The van der Waals surface area contributed by atoms with E-state index >= 15 is 0 Å². The lowest BCUT2D eigenvalue weighted by Crippen LogP contribution is -2.26. The largest absolute Gasteiger partial charge is 0.301 e. The summed E-state index contributed by atoms with van der Waals surface area (Å²) < 4.78 is 0. The summed E-state index contributed by atoms with van der Waals surface area (Å²) in [5, 5.41) is 3.89. The standard InChI is InChI=1S/C8H10N2S/c1-6-10-5-7-4-9-3-2-8(7)11-6/h2-4,6,10H,5H2,1H3. The van der Waals surface area contributed by atoms with Gasteiger partial charge in [0, 0.05) is 23.8 Å². The molecule has 1 aromatic heterocycles. The summed E-state index contributed by atoms with van der Waals surface area (Å²) in [7, 11) is 0. The molecule has 2 heterocycles. The topological polar surface area (TPSA) is 24.9 Å². The Morgan fingerprint density at radius 2 is 2.64 bits per heavy atom. The minimum Gasteiger partial charge on any atom is -0.301 e. The molecule has 0 saturated heterocycles. The third-order valence-electron chi connectivity index (χ3n) is 1.74. The van der Waals surface area contributed by atoms with Crippen molar-refractivity contribution in [3.05, 3.63) is 24.0 Å². The average Bonchev–Trinajstić information content (AvgIpc) is 2.04. The number of nitrogens with zero attached hydrogens (tertiary/aromatic N) is 1. The van der Waals surface area contributed by atoms with Gasteiger partial charge in [-0.3, -0.25) is 4.98 Å². The first-order valence-corrected chi connectivity index (χ1v) is 4.57. The summed E-state index contributed by atoms with van der Waals surface area (Å²) in [6.45, 7) is 3.13. The molecule has 1 aliphatic heterocycles. The molecule has 1 atom stereocenters. The highest BCUT2D eigenvalue weighted by molar-refractivity contribution is 8.00. The molecule has 1 aliphatic rings. The number of rotatable bonds is 0. The maximum absolute atomic E-state index is 4.07. The predicted molar refractivity (Wildman–Crippen MR) is 46.4 cm³/mol. The van der Waals surface area contributed by atoms with Crippen LogP contribution in [-0.2, 0) is 6.54 Å². The van der Waals surface area contributed by atoms with Crippen LogP contribution in [0.3, 0.4) is 0 Å². The van der Waals surface area contributed by atoms with Crippen molar-refractivity contribution in [2.75, 3.05) is 0 Å². The molecule has 0 bridgehead atoms. The van der Waals surface area contributed by atoms with Crippen molar-refractivity contribution in [2.45, 2.75) is 23.7 Å². The second-order valence-electron chi connectivity index (χ2n) is 2.62. The summed E-state index contributed by atoms with van der Waals surface area (Å²) in [6, 6.07) is 2.08. The molecule has 0 radical (unpaired) electrons. The summed E-state index contributed by atoms with van der Waals surface area (Å²) >= 11 is 1.86. The zero-order valence-corrected chi connectivity index (χ0v) is 7.19. The zero-order valence-electron chi connectivity index (χ0n) is 6.37. The predicted octanol–water partition coefficient (Wildman–Crippen LogP) is 1.62. The molecule has 58 valence electrons. The van der Waals surface area contributed by atoms with Gasteiger partial charge in [0.25, 0.3) is 0 Å². The molecule has 1 unspecified atom stereocenters. The van der Waals surface area contributed by atoms with Crippen LogP contribution >= 0.6 is 11.8 Å². The molecule has 2 nitrogen and oxygen atoms in total. The first kappa shape index (κ1) is 7.13. The Labute approximate surface area is 70.4 Å². The van der Waals surface area contributed by atoms with Gasteiger partial charge in [0.1, 0.15) is 0 Å². The Morgan fingerprint density at radius 1 is 1.73 bits per heavy atom. The fourth-order valence-corrected chi connectivity index (χ4v) is 2.11. The van der Waals surface area contributed by atoms with Crippen molar-refractivity contribution in [3.8, 4) is 0 Å². The molecular formula is C8H10N2S. The molecule has 3 heteroatoms. The minimum atomic E-state index is 0.532. The van der Waals surface area contributed by atoms with Gasteiger partial charge in [0.2, 0.25) is 0 Å². The van der Waals surface area contributed by atoms with Crippen LogP contribution in [0.5, 0.6) is 0 Å². The molecule has 0 fully saturated rings. The third-order valence-corrected chi connectivity index (χ3v) is 2.91. The van der Waals surface area contributed by atoms with Gasteiger partial charge in [-0.1, -0.05) is 0 Å². The lowest BCUT2D eigenvalue weighted by Gasteiger charge is -2.21. The number of pyridine rings is 1. The van der Waals surface area contributed by atoms with Gasteiger partial charge in [-0.05, 0) is 18.6 Å². The Balaban J connectivity index is 2.34. The van der Waals surface area contributed by atoms with Crippen LogP contribution in [0.1, 0.15) is 12.5 Å².